The van der Waals surface area contributed by atoms with Crippen LogP contribution in [-0.4, -0.2) is 5.91 Å². The molecule has 2 N–H and O–H groups in total. The van der Waals surface area contributed by atoms with Crippen molar-refractivity contribution in [2.45, 2.75) is 52.4 Å². The SMILES string of the molecule is C=CC1CCCC(/C=C(\C)C(N)=O)C1CCCC. The molecular formula is C16H27NO. The molecule has 1 saturated carbocycles. The van der Waals surface area contributed by atoms with Crippen molar-refractivity contribution in [1.82, 2.24) is 0 Å². The maximum atomic E-state index is 11.2. The largest absolute Gasteiger partial charge is 0.366 e. The number of hydrogen-bond acceptors (Lipinski definition) is 1. The van der Waals surface area contributed by atoms with E-state index in [1.807, 2.05) is 6.92 Å². The summed E-state index contributed by atoms with van der Waals surface area (Å²) < 4.78 is 0. The smallest absolute Gasteiger partial charge is 0.244 e. The normalized spacial score (nSPS) is 29.0. The van der Waals surface area contributed by atoms with Crippen molar-refractivity contribution in [1.29, 1.82) is 0 Å². The number of rotatable bonds is 6. The summed E-state index contributed by atoms with van der Waals surface area (Å²) >= 11 is 0. The van der Waals surface area contributed by atoms with Crippen LogP contribution >= 0.6 is 0 Å². The fraction of sp³-hybridized carbons (Fsp3) is 0.688. The minimum atomic E-state index is -0.287. The topological polar surface area (TPSA) is 43.1 Å². The molecule has 0 aromatic rings. The minimum Gasteiger partial charge on any atom is -0.366 e. The number of amides is 1. The molecule has 3 unspecified atom stereocenters. The highest BCUT2D eigenvalue weighted by Crippen LogP contribution is 2.39. The van der Waals surface area contributed by atoms with Crippen molar-refractivity contribution in [2.75, 3.05) is 0 Å². The molecule has 1 aliphatic rings. The van der Waals surface area contributed by atoms with Crippen LogP contribution in [0.15, 0.2) is 24.3 Å². The molecule has 1 amide bonds. The molecule has 3 atom stereocenters. The average Bonchev–Trinajstić information content (AvgIpc) is 2.36. The van der Waals surface area contributed by atoms with E-state index in [4.69, 9.17) is 5.73 Å². The summed E-state index contributed by atoms with van der Waals surface area (Å²) in [6.07, 6.45) is 11.6. The van der Waals surface area contributed by atoms with E-state index in [9.17, 15) is 4.79 Å². The average molecular weight is 249 g/mol. The van der Waals surface area contributed by atoms with Gasteiger partial charge in [-0.2, -0.15) is 0 Å². The maximum absolute atomic E-state index is 11.2. The molecule has 0 aromatic carbocycles. The van der Waals surface area contributed by atoms with Gasteiger partial charge in [0, 0.05) is 5.57 Å². The summed E-state index contributed by atoms with van der Waals surface area (Å²) in [6.45, 7) is 8.04. The van der Waals surface area contributed by atoms with Gasteiger partial charge in [-0.25, -0.2) is 0 Å². The van der Waals surface area contributed by atoms with Gasteiger partial charge in [-0.15, -0.1) is 6.58 Å². The van der Waals surface area contributed by atoms with Crippen molar-refractivity contribution in [3.8, 4) is 0 Å². The van der Waals surface area contributed by atoms with Gasteiger partial charge in [-0.3, -0.25) is 4.79 Å². The second-order valence-corrected chi connectivity index (χ2v) is 5.51. The monoisotopic (exact) mass is 249 g/mol. The van der Waals surface area contributed by atoms with Gasteiger partial charge in [0.1, 0.15) is 0 Å². The van der Waals surface area contributed by atoms with Crippen LogP contribution in [0.4, 0.5) is 0 Å². The Morgan fingerprint density at radius 3 is 2.61 bits per heavy atom. The van der Waals surface area contributed by atoms with E-state index in [-0.39, 0.29) is 5.91 Å². The van der Waals surface area contributed by atoms with Gasteiger partial charge >= 0.3 is 0 Å². The zero-order valence-electron chi connectivity index (χ0n) is 11.8. The van der Waals surface area contributed by atoms with E-state index in [1.165, 1.54) is 38.5 Å². The maximum Gasteiger partial charge on any atom is 0.244 e. The van der Waals surface area contributed by atoms with Crippen LogP contribution in [0.25, 0.3) is 0 Å². The molecule has 0 heterocycles. The molecule has 0 radical (unpaired) electrons. The number of nitrogens with two attached hydrogens (primary N) is 1. The summed E-state index contributed by atoms with van der Waals surface area (Å²) in [5.41, 5.74) is 6.05. The lowest BCUT2D eigenvalue weighted by Crippen LogP contribution is -2.27. The Kier molecular flexibility index (Phi) is 6.17. The number of carbonyl (C=O) groups excluding carboxylic acids is 1. The third kappa shape index (κ3) is 4.01. The van der Waals surface area contributed by atoms with Crippen LogP contribution in [0.3, 0.4) is 0 Å². The number of allylic oxidation sites excluding steroid dienone is 2. The minimum absolute atomic E-state index is 0.287. The first-order chi connectivity index (χ1) is 8.60. The Bertz CT molecular complexity index is 319. The van der Waals surface area contributed by atoms with E-state index in [1.54, 1.807) is 0 Å². The van der Waals surface area contributed by atoms with Gasteiger partial charge in [0.25, 0.3) is 0 Å². The number of unbranched alkanes of at least 4 members (excludes halogenated alkanes) is 1. The number of hydrogen-bond donors (Lipinski definition) is 1. The van der Waals surface area contributed by atoms with Crippen molar-refractivity contribution in [3.63, 3.8) is 0 Å². The van der Waals surface area contributed by atoms with Gasteiger partial charge in [-0.1, -0.05) is 38.3 Å². The highest BCUT2D eigenvalue weighted by atomic mass is 16.1. The predicted molar refractivity (Wildman–Crippen MR) is 77.0 cm³/mol. The van der Waals surface area contributed by atoms with E-state index >= 15 is 0 Å². The van der Waals surface area contributed by atoms with Crippen molar-refractivity contribution in [3.05, 3.63) is 24.3 Å². The summed E-state index contributed by atoms with van der Waals surface area (Å²) in [5, 5.41) is 0. The van der Waals surface area contributed by atoms with Crippen molar-refractivity contribution in [2.24, 2.45) is 23.5 Å². The summed E-state index contributed by atoms with van der Waals surface area (Å²) in [7, 11) is 0. The standard InChI is InChI=1S/C16H27NO/c1-4-6-10-15-13(5-2)8-7-9-14(15)11-12(3)16(17)18/h5,11,13-15H,2,4,6-10H2,1,3H3,(H2,17,18)/b12-11+. The van der Waals surface area contributed by atoms with Gasteiger partial charge < -0.3 is 5.73 Å². The van der Waals surface area contributed by atoms with Crippen LogP contribution in [0.5, 0.6) is 0 Å². The first kappa shape index (κ1) is 15.0. The lowest BCUT2D eigenvalue weighted by Gasteiger charge is -2.36. The van der Waals surface area contributed by atoms with Crippen molar-refractivity contribution >= 4 is 5.91 Å². The molecule has 2 heteroatoms. The van der Waals surface area contributed by atoms with Crippen LogP contribution in [0, 0.1) is 17.8 Å². The molecule has 18 heavy (non-hydrogen) atoms. The summed E-state index contributed by atoms with van der Waals surface area (Å²) in [4.78, 5) is 11.2. The van der Waals surface area contributed by atoms with Crippen LogP contribution in [0.1, 0.15) is 52.4 Å². The number of primary amides is 1. The molecular weight excluding hydrogens is 222 g/mol. The van der Waals surface area contributed by atoms with E-state index in [2.05, 4.69) is 25.7 Å². The van der Waals surface area contributed by atoms with Crippen molar-refractivity contribution < 1.29 is 4.79 Å². The molecule has 0 saturated heterocycles. The second kappa shape index (κ2) is 7.40. The fourth-order valence-corrected chi connectivity index (χ4v) is 3.11. The Balaban J connectivity index is 2.80. The predicted octanol–water partition coefficient (Wildman–Crippen LogP) is 3.83. The molecule has 0 aromatic heterocycles. The Morgan fingerprint density at radius 1 is 1.39 bits per heavy atom. The van der Waals surface area contributed by atoms with E-state index in [0.717, 1.165) is 0 Å². The molecule has 1 fully saturated rings. The van der Waals surface area contributed by atoms with Gasteiger partial charge in [-0.05, 0) is 43.9 Å². The molecule has 102 valence electrons. The Morgan fingerprint density at radius 2 is 2.06 bits per heavy atom. The third-order valence-corrected chi connectivity index (χ3v) is 4.22. The number of carbonyl (C=O) groups is 1. The first-order valence-electron chi connectivity index (χ1n) is 7.20. The molecule has 1 rings (SSSR count). The lowest BCUT2D eigenvalue weighted by atomic mass is 9.69. The highest BCUT2D eigenvalue weighted by molar-refractivity contribution is 5.91. The summed E-state index contributed by atoms with van der Waals surface area (Å²) in [6, 6.07) is 0. The van der Waals surface area contributed by atoms with Gasteiger partial charge in [0.15, 0.2) is 0 Å². The van der Waals surface area contributed by atoms with Gasteiger partial charge in [0.2, 0.25) is 5.91 Å². The quantitative estimate of drug-likeness (QED) is 0.564. The first-order valence-corrected chi connectivity index (χ1v) is 7.20. The highest BCUT2D eigenvalue weighted by Gasteiger charge is 2.30. The molecule has 2 nitrogen and oxygen atoms in total. The van der Waals surface area contributed by atoms with E-state index < -0.39 is 0 Å². The lowest BCUT2D eigenvalue weighted by molar-refractivity contribution is -0.114. The van der Waals surface area contributed by atoms with E-state index in [0.29, 0.717) is 23.3 Å². The Hall–Kier alpha value is -1.05. The molecule has 0 bridgehead atoms. The Labute approximate surface area is 111 Å². The van der Waals surface area contributed by atoms with Gasteiger partial charge in [0.05, 0.1) is 0 Å². The zero-order chi connectivity index (χ0) is 13.5. The van der Waals surface area contributed by atoms with Crippen LogP contribution in [0.2, 0.25) is 0 Å². The molecule has 0 aliphatic heterocycles. The second-order valence-electron chi connectivity index (χ2n) is 5.51. The fourth-order valence-electron chi connectivity index (χ4n) is 3.11. The molecule has 1 aliphatic carbocycles. The van der Waals surface area contributed by atoms with Crippen LogP contribution < -0.4 is 5.73 Å². The summed E-state index contributed by atoms with van der Waals surface area (Å²) in [5.74, 6) is 1.46. The third-order valence-electron chi connectivity index (χ3n) is 4.22. The molecule has 0 spiro atoms. The zero-order valence-corrected chi connectivity index (χ0v) is 11.8. The van der Waals surface area contributed by atoms with Crippen LogP contribution in [-0.2, 0) is 4.79 Å².